The number of aliphatic hydroxyl groups is 1. The van der Waals surface area contributed by atoms with Crippen molar-refractivity contribution in [2.45, 2.75) is 123 Å². The fourth-order valence-electron chi connectivity index (χ4n) is 10.8. The summed E-state index contributed by atoms with van der Waals surface area (Å²) < 4.78 is 33.5. The molecule has 3 aliphatic rings. The lowest BCUT2D eigenvalue weighted by molar-refractivity contribution is -0.144. The third-order valence-electron chi connectivity index (χ3n) is 15.3. The van der Waals surface area contributed by atoms with Crippen molar-refractivity contribution >= 4 is 69.0 Å². The third-order valence-corrected chi connectivity index (χ3v) is 16.2. The van der Waals surface area contributed by atoms with Crippen molar-refractivity contribution in [3.8, 4) is 10.4 Å². The Labute approximate surface area is 469 Å². The average Bonchev–Trinajstić information content (AvgIpc) is 4.24. The van der Waals surface area contributed by atoms with Crippen LogP contribution in [0.15, 0.2) is 84.4 Å². The van der Waals surface area contributed by atoms with Crippen molar-refractivity contribution in [1.82, 2.24) is 35.6 Å². The van der Waals surface area contributed by atoms with Crippen molar-refractivity contribution < 1.29 is 42.6 Å². The average molecular weight is 1120 g/mol. The second kappa shape index (κ2) is 25.9. The number of benzene rings is 4. The number of aromatic nitrogens is 3. The summed E-state index contributed by atoms with van der Waals surface area (Å²) in [7, 11) is 0. The van der Waals surface area contributed by atoms with Crippen LogP contribution in [0.1, 0.15) is 111 Å². The molecule has 6 N–H and O–H groups in total. The third kappa shape index (κ3) is 14.5. The summed E-state index contributed by atoms with van der Waals surface area (Å²) in [6.07, 6.45) is 4.44. The molecule has 424 valence electrons. The van der Waals surface area contributed by atoms with Gasteiger partial charge in [-0.2, -0.15) is 5.10 Å². The van der Waals surface area contributed by atoms with E-state index in [0.717, 1.165) is 64.7 Å². The quantitative estimate of drug-likeness (QED) is 0.0399. The number of thiazole rings is 1. The first-order valence-electron chi connectivity index (χ1n) is 27.7. The van der Waals surface area contributed by atoms with Crippen LogP contribution in [0.3, 0.4) is 0 Å². The van der Waals surface area contributed by atoms with E-state index in [9.17, 15) is 37.9 Å². The molecule has 3 saturated heterocycles. The van der Waals surface area contributed by atoms with Gasteiger partial charge in [-0.1, -0.05) is 63.9 Å². The Morgan fingerprint density at radius 3 is 2.26 bits per heavy atom. The normalized spacial score (nSPS) is 17.4. The van der Waals surface area contributed by atoms with Gasteiger partial charge in [0.05, 0.1) is 33.3 Å². The second-order valence-corrected chi connectivity index (χ2v) is 23.2. The minimum absolute atomic E-state index is 0.00653. The number of H-pyrrole nitrogens is 1. The standard InChI is InChI=1S/C60H72F2N10O7S/c1-37-54(80-36-64-37)41-14-11-38(12-15-41)34-63-58(77)51-33-46(73)35-72(51)59(78)55(60(2,3)4)66-52(74)9-7-5-6-8-10-53(75)71-23-21-70(22-24-71)45-16-17-47(50(32-45)65-44-19-25-79-26-20-44)57(76)67-56-48-30-39(13-18-49(48)68-69-56)27-40-28-42(61)31-43(62)29-40/h11-18,28-32,36,44,46,51,55,65,73H,5-10,19-27,33-35H2,1-4H3,(H,63,77)(H,66,74)(H2,67,68,69,76). The van der Waals surface area contributed by atoms with E-state index in [0.29, 0.717) is 92.2 Å². The molecule has 3 unspecified atom stereocenters. The summed E-state index contributed by atoms with van der Waals surface area (Å²) in [5.74, 6) is -2.27. The maximum atomic E-state index is 14.1. The van der Waals surface area contributed by atoms with Crippen LogP contribution in [-0.4, -0.2) is 130 Å². The number of ether oxygens (including phenoxy) is 1. The predicted octanol–water partition coefficient (Wildman–Crippen LogP) is 8.51. The highest BCUT2D eigenvalue weighted by molar-refractivity contribution is 7.13. The molecule has 5 amide bonds. The molecule has 3 aliphatic heterocycles. The number of carbonyl (C=O) groups excluding carboxylic acids is 5. The summed E-state index contributed by atoms with van der Waals surface area (Å²) in [5.41, 5.74) is 8.05. The van der Waals surface area contributed by atoms with Crippen LogP contribution in [-0.2, 0) is 36.9 Å². The Morgan fingerprint density at radius 2 is 1.56 bits per heavy atom. The highest BCUT2D eigenvalue weighted by atomic mass is 32.1. The molecule has 3 atom stereocenters. The fourth-order valence-corrected chi connectivity index (χ4v) is 11.6. The first kappa shape index (κ1) is 57.4. The predicted molar refractivity (Wildman–Crippen MR) is 305 cm³/mol. The highest BCUT2D eigenvalue weighted by Crippen LogP contribution is 2.32. The van der Waals surface area contributed by atoms with E-state index in [-0.39, 0.29) is 62.0 Å². The van der Waals surface area contributed by atoms with Gasteiger partial charge in [0.15, 0.2) is 5.82 Å². The first-order chi connectivity index (χ1) is 38.4. The van der Waals surface area contributed by atoms with Crippen LogP contribution in [0.4, 0.5) is 26.0 Å². The number of halogens is 2. The van der Waals surface area contributed by atoms with Gasteiger partial charge in [-0.25, -0.2) is 13.8 Å². The van der Waals surface area contributed by atoms with Crippen LogP contribution in [0.25, 0.3) is 21.3 Å². The number of aryl methyl sites for hydroxylation is 1. The Hall–Kier alpha value is -7.29. The molecule has 0 saturated carbocycles. The Bertz CT molecular complexity index is 3150. The zero-order chi connectivity index (χ0) is 56.5. The first-order valence-corrected chi connectivity index (χ1v) is 28.6. The van der Waals surface area contributed by atoms with E-state index >= 15 is 0 Å². The number of hydrogen-bond donors (Lipinski definition) is 6. The molecule has 0 aliphatic carbocycles. The number of likely N-dealkylation sites (tertiary alicyclic amines) is 1. The van der Waals surface area contributed by atoms with E-state index < -0.39 is 41.1 Å². The van der Waals surface area contributed by atoms with E-state index in [2.05, 4.69) is 41.3 Å². The van der Waals surface area contributed by atoms with Crippen molar-refractivity contribution in [2.24, 2.45) is 5.41 Å². The number of amides is 5. The molecule has 2 aromatic heterocycles. The van der Waals surface area contributed by atoms with Crippen LogP contribution in [0.2, 0.25) is 0 Å². The van der Waals surface area contributed by atoms with Crippen LogP contribution in [0.5, 0.6) is 0 Å². The van der Waals surface area contributed by atoms with Crippen LogP contribution >= 0.6 is 11.3 Å². The molecule has 80 heavy (non-hydrogen) atoms. The zero-order valence-electron chi connectivity index (χ0n) is 45.9. The number of aromatic amines is 1. The summed E-state index contributed by atoms with van der Waals surface area (Å²) in [5, 5.41) is 31.2. The number of β-amino-alcohol motifs (C(OH)–C–C–N with tert-alkyl or cyclic N) is 1. The number of hydrogen-bond acceptors (Lipinski definition) is 12. The molecule has 0 bridgehead atoms. The van der Waals surface area contributed by atoms with Gasteiger partial charge in [0, 0.05) is 101 Å². The van der Waals surface area contributed by atoms with Gasteiger partial charge in [-0.3, -0.25) is 29.1 Å². The topological polar surface area (TPSA) is 214 Å². The van der Waals surface area contributed by atoms with Gasteiger partial charge < -0.3 is 45.8 Å². The number of nitrogens with zero attached hydrogens (tertiary/aromatic N) is 5. The van der Waals surface area contributed by atoms with Gasteiger partial charge in [0.1, 0.15) is 23.7 Å². The summed E-state index contributed by atoms with van der Waals surface area (Å²) in [6.45, 7) is 11.4. The molecule has 9 rings (SSSR count). The molecule has 20 heteroatoms. The molecule has 6 aromatic rings. The van der Waals surface area contributed by atoms with Crippen molar-refractivity contribution in [2.75, 3.05) is 61.5 Å². The molecular formula is C60H72F2N10O7S. The minimum Gasteiger partial charge on any atom is -0.391 e. The maximum absolute atomic E-state index is 14.1. The fraction of sp³-hybridized carbons (Fsp3) is 0.450. The maximum Gasteiger partial charge on any atom is 0.258 e. The number of carbonyl (C=O) groups is 5. The molecule has 3 fully saturated rings. The van der Waals surface area contributed by atoms with E-state index in [1.807, 2.05) is 92.7 Å². The lowest BCUT2D eigenvalue weighted by Gasteiger charge is -2.36. The largest absolute Gasteiger partial charge is 0.391 e. The number of fused-ring (bicyclic) bond motifs is 1. The van der Waals surface area contributed by atoms with Gasteiger partial charge >= 0.3 is 0 Å². The number of unbranched alkanes of at least 4 members (excludes halogenated alkanes) is 3. The van der Waals surface area contributed by atoms with Crippen LogP contribution in [0, 0.1) is 24.0 Å². The number of rotatable bonds is 20. The molecular weight excluding hydrogens is 1040 g/mol. The highest BCUT2D eigenvalue weighted by Gasteiger charge is 2.44. The molecule has 0 spiro atoms. The summed E-state index contributed by atoms with van der Waals surface area (Å²) in [4.78, 5) is 79.4. The lowest BCUT2D eigenvalue weighted by Crippen LogP contribution is -2.57. The van der Waals surface area contributed by atoms with Crippen molar-refractivity contribution in [1.29, 1.82) is 0 Å². The van der Waals surface area contributed by atoms with E-state index in [1.165, 1.54) is 17.0 Å². The molecule has 4 aromatic carbocycles. The zero-order valence-corrected chi connectivity index (χ0v) is 46.7. The van der Waals surface area contributed by atoms with Gasteiger partial charge in [0.25, 0.3) is 5.91 Å². The van der Waals surface area contributed by atoms with Gasteiger partial charge in [-0.15, -0.1) is 11.3 Å². The number of nitrogens with one attached hydrogen (secondary N) is 5. The Morgan fingerprint density at radius 1 is 0.850 bits per heavy atom. The number of aliphatic hydroxyl groups excluding tert-OH is 1. The molecule has 0 radical (unpaired) electrons. The lowest BCUT2D eigenvalue weighted by atomic mass is 9.85. The summed E-state index contributed by atoms with van der Waals surface area (Å²) in [6, 6.07) is 20.9. The second-order valence-electron chi connectivity index (χ2n) is 22.3. The number of anilines is 3. The minimum atomic E-state index is -0.915. The monoisotopic (exact) mass is 1110 g/mol. The summed E-state index contributed by atoms with van der Waals surface area (Å²) >= 11 is 1.57. The smallest absolute Gasteiger partial charge is 0.258 e. The van der Waals surface area contributed by atoms with Crippen molar-refractivity contribution in [3.63, 3.8) is 0 Å². The van der Waals surface area contributed by atoms with Crippen molar-refractivity contribution in [3.05, 3.63) is 124 Å². The van der Waals surface area contributed by atoms with Gasteiger partial charge in [0.2, 0.25) is 23.6 Å². The molecule has 17 nitrogen and oxygen atoms in total. The van der Waals surface area contributed by atoms with Gasteiger partial charge in [-0.05, 0) is 109 Å². The van der Waals surface area contributed by atoms with Crippen LogP contribution < -0.4 is 26.2 Å². The number of piperazine rings is 1. The SMILES string of the molecule is Cc1ncsc1-c1ccc(CNC(=O)C2CC(O)CN2C(=O)C(NC(=O)CCCCCCC(=O)N2CCN(c3ccc(C(=O)Nc4n[nH]c5ccc(Cc6cc(F)cc(F)c6)cc45)c(NC4CCOCC4)c3)CC2)C(C)(C)C)cc1. The van der Waals surface area contributed by atoms with E-state index in [1.54, 1.807) is 17.4 Å². The Balaban J connectivity index is 0.718. The Kier molecular flexibility index (Phi) is 18.6. The molecule has 5 heterocycles. The van der Waals surface area contributed by atoms with E-state index in [4.69, 9.17) is 4.74 Å².